The van der Waals surface area contributed by atoms with E-state index in [4.69, 9.17) is 5.11 Å². The summed E-state index contributed by atoms with van der Waals surface area (Å²) in [5.41, 5.74) is 2.33. The van der Waals surface area contributed by atoms with Gasteiger partial charge in [0.15, 0.2) is 5.65 Å². The lowest BCUT2D eigenvalue weighted by atomic mass is 10.2. The number of hydrogen-bond acceptors (Lipinski definition) is 6. The molecule has 0 aromatic carbocycles. The van der Waals surface area contributed by atoms with Gasteiger partial charge in [-0.25, -0.2) is 19.6 Å². The molecule has 0 saturated heterocycles. The minimum Gasteiger partial charge on any atom is -0.465 e. The summed E-state index contributed by atoms with van der Waals surface area (Å²) in [6.45, 7) is 1.32. The van der Waals surface area contributed by atoms with Crippen LogP contribution in [0.2, 0.25) is 0 Å². The van der Waals surface area contributed by atoms with Gasteiger partial charge < -0.3 is 15.7 Å². The molecule has 1 fully saturated rings. The molecule has 11 nitrogen and oxygen atoms in total. The zero-order chi connectivity index (χ0) is 20.2. The van der Waals surface area contributed by atoms with Gasteiger partial charge >= 0.3 is 12.1 Å². The Morgan fingerprint density at radius 2 is 2.03 bits per heavy atom. The van der Waals surface area contributed by atoms with Crippen LogP contribution in [0.4, 0.5) is 15.4 Å². The summed E-state index contributed by atoms with van der Waals surface area (Å²) in [4.78, 5) is 35.7. The molecule has 4 rings (SSSR count). The number of carbonyl (C=O) groups excluding carboxylic acids is 1. The van der Waals surface area contributed by atoms with Crippen molar-refractivity contribution >= 4 is 29.1 Å². The maximum atomic E-state index is 11.9. The van der Waals surface area contributed by atoms with E-state index in [0.717, 1.165) is 5.56 Å². The number of nitrogens with zero attached hydrogens (tertiary/aromatic N) is 5. The molecule has 3 aromatic heterocycles. The molecule has 0 bridgehead atoms. The normalized spacial score (nSPS) is 13.2. The first-order valence-electron chi connectivity index (χ1n) is 9.25. The van der Waals surface area contributed by atoms with Gasteiger partial charge in [-0.3, -0.25) is 15.0 Å². The summed E-state index contributed by atoms with van der Waals surface area (Å²) >= 11 is 0. The molecule has 1 aliphatic rings. The molecule has 150 valence electrons. The highest BCUT2D eigenvalue weighted by Gasteiger charge is 2.21. The van der Waals surface area contributed by atoms with Gasteiger partial charge in [0.25, 0.3) is 0 Å². The smallest absolute Gasteiger partial charge is 0.404 e. The number of anilines is 1. The summed E-state index contributed by atoms with van der Waals surface area (Å²) < 4.78 is 1.62. The van der Waals surface area contributed by atoms with E-state index in [-0.39, 0.29) is 12.6 Å². The zero-order valence-corrected chi connectivity index (χ0v) is 15.5. The van der Waals surface area contributed by atoms with E-state index in [1.54, 1.807) is 35.4 Å². The molecule has 3 aromatic rings. The van der Waals surface area contributed by atoms with Crippen molar-refractivity contribution in [2.24, 2.45) is 5.92 Å². The lowest BCUT2D eigenvalue weighted by molar-refractivity contribution is 0.194. The number of rotatable bonds is 7. The van der Waals surface area contributed by atoms with Gasteiger partial charge in [0.2, 0.25) is 0 Å². The first-order chi connectivity index (χ1) is 14.1. The fourth-order valence-corrected chi connectivity index (χ4v) is 2.72. The van der Waals surface area contributed by atoms with Crippen molar-refractivity contribution < 1.29 is 14.7 Å². The van der Waals surface area contributed by atoms with Crippen LogP contribution in [0.25, 0.3) is 22.4 Å². The van der Waals surface area contributed by atoms with Crippen molar-refractivity contribution in [2.45, 2.75) is 19.4 Å². The molecule has 4 N–H and O–H groups in total. The van der Waals surface area contributed by atoms with Gasteiger partial charge in [-0.2, -0.15) is 5.10 Å². The molecule has 0 aliphatic heterocycles. The van der Waals surface area contributed by atoms with Gasteiger partial charge in [-0.1, -0.05) is 0 Å². The average molecular weight is 396 g/mol. The summed E-state index contributed by atoms with van der Waals surface area (Å²) in [7, 11) is 0. The Morgan fingerprint density at radius 3 is 2.83 bits per heavy atom. The lowest BCUT2D eigenvalue weighted by Gasteiger charge is -2.07. The van der Waals surface area contributed by atoms with Crippen LogP contribution in [-0.2, 0) is 6.54 Å². The quantitative estimate of drug-likeness (QED) is 0.475. The van der Waals surface area contributed by atoms with Crippen LogP contribution in [0, 0.1) is 5.92 Å². The third kappa shape index (κ3) is 4.94. The number of amides is 3. The van der Waals surface area contributed by atoms with Crippen molar-refractivity contribution in [1.29, 1.82) is 0 Å². The van der Waals surface area contributed by atoms with E-state index in [9.17, 15) is 9.59 Å². The molecule has 0 spiro atoms. The van der Waals surface area contributed by atoms with Crippen LogP contribution >= 0.6 is 0 Å². The van der Waals surface area contributed by atoms with Gasteiger partial charge in [0.1, 0.15) is 11.3 Å². The van der Waals surface area contributed by atoms with Gasteiger partial charge in [-0.15, -0.1) is 0 Å². The van der Waals surface area contributed by atoms with Gasteiger partial charge in [-0.05, 0) is 30.9 Å². The first kappa shape index (κ1) is 18.6. The number of fused-ring (bicyclic) bond motifs is 1. The van der Waals surface area contributed by atoms with Crippen molar-refractivity contribution in [3.8, 4) is 11.3 Å². The van der Waals surface area contributed by atoms with E-state index < -0.39 is 6.09 Å². The Morgan fingerprint density at radius 1 is 1.17 bits per heavy atom. The zero-order valence-electron chi connectivity index (χ0n) is 15.5. The second-order valence-corrected chi connectivity index (χ2v) is 6.80. The van der Waals surface area contributed by atoms with Crippen molar-refractivity contribution in [1.82, 2.24) is 35.4 Å². The molecule has 11 heteroatoms. The van der Waals surface area contributed by atoms with E-state index in [2.05, 4.69) is 36.0 Å². The molecule has 0 radical (unpaired) electrons. The molecular formula is C18H20N8O3. The Bertz CT molecular complexity index is 1050. The highest BCUT2D eigenvalue weighted by atomic mass is 16.4. The van der Waals surface area contributed by atoms with Gasteiger partial charge in [0, 0.05) is 24.8 Å². The Hall–Kier alpha value is -3.76. The summed E-state index contributed by atoms with van der Waals surface area (Å²) in [5, 5.41) is 20.6. The molecule has 1 saturated carbocycles. The number of carboxylic acid groups (broad SMARTS) is 1. The molecular weight excluding hydrogens is 376 g/mol. The van der Waals surface area contributed by atoms with Crippen LogP contribution in [0.5, 0.6) is 0 Å². The largest absolute Gasteiger partial charge is 0.465 e. The van der Waals surface area contributed by atoms with E-state index >= 15 is 0 Å². The van der Waals surface area contributed by atoms with Crippen LogP contribution in [-0.4, -0.2) is 55.1 Å². The molecule has 1 aliphatic carbocycles. The number of urea groups is 1. The van der Waals surface area contributed by atoms with Gasteiger partial charge in [0.05, 0.1) is 24.6 Å². The van der Waals surface area contributed by atoms with Crippen LogP contribution in [0.15, 0.2) is 30.7 Å². The Balaban J connectivity index is 1.45. The highest BCUT2D eigenvalue weighted by Crippen LogP contribution is 2.27. The minimum absolute atomic E-state index is 0.249. The maximum absolute atomic E-state index is 11.9. The maximum Gasteiger partial charge on any atom is 0.404 e. The summed E-state index contributed by atoms with van der Waals surface area (Å²) in [6, 6.07) is 3.14. The third-order valence-corrected chi connectivity index (χ3v) is 4.44. The fraction of sp³-hybridized carbons (Fsp3) is 0.333. The number of nitrogens with one attached hydrogen (secondary N) is 3. The van der Waals surface area contributed by atoms with Crippen LogP contribution in [0.3, 0.4) is 0 Å². The predicted octanol–water partition coefficient (Wildman–Crippen LogP) is 1.69. The predicted molar refractivity (Wildman–Crippen MR) is 104 cm³/mol. The fourth-order valence-electron chi connectivity index (χ4n) is 2.72. The number of carbonyl (C=O) groups is 2. The number of hydrogen-bond donors (Lipinski definition) is 4. The minimum atomic E-state index is -1.07. The molecule has 3 amide bonds. The Kier molecular flexibility index (Phi) is 5.18. The lowest BCUT2D eigenvalue weighted by Crippen LogP contribution is -2.30. The summed E-state index contributed by atoms with van der Waals surface area (Å²) in [6.07, 6.45) is 6.26. The first-order valence-corrected chi connectivity index (χ1v) is 9.25. The number of pyridine rings is 1. The van der Waals surface area contributed by atoms with Crippen LogP contribution < -0.4 is 16.0 Å². The van der Waals surface area contributed by atoms with E-state index in [0.29, 0.717) is 41.7 Å². The average Bonchev–Trinajstić information content (AvgIpc) is 3.42. The van der Waals surface area contributed by atoms with E-state index in [1.165, 1.54) is 12.8 Å². The van der Waals surface area contributed by atoms with Crippen molar-refractivity contribution in [3.05, 3.63) is 30.7 Å². The second-order valence-electron chi connectivity index (χ2n) is 6.80. The molecule has 0 atom stereocenters. The summed E-state index contributed by atoms with van der Waals surface area (Å²) in [5.74, 6) is 0.993. The number of aromatic nitrogens is 5. The van der Waals surface area contributed by atoms with Crippen LogP contribution in [0.1, 0.15) is 12.8 Å². The second kappa shape index (κ2) is 8.09. The molecule has 29 heavy (non-hydrogen) atoms. The molecule has 0 unspecified atom stereocenters. The monoisotopic (exact) mass is 396 g/mol. The van der Waals surface area contributed by atoms with E-state index in [1.807, 2.05) is 0 Å². The Labute approximate surface area is 165 Å². The van der Waals surface area contributed by atoms with Crippen molar-refractivity contribution in [3.63, 3.8) is 0 Å². The SMILES string of the molecule is O=C(O)NCCn1cc(-c2cnc3ccc(NC(=O)NCC4CC4)nc3n2)cn1. The van der Waals surface area contributed by atoms with Crippen molar-refractivity contribution in [2.75, 3.05) is 18.4 Å². The molecule has 3 heterocycles. The topological polar surface area (TPSA) is 147 Å². The standard InChI is InChI=1S/C18H20N8O3/c27-17(21-7-11-1-2-11)25-15-4-3-13-16(24-15)23-14(9-20-13)12-8-22-26(10-12)6-5-19-18(28)29/h3-4,8-11,19H,1-2,5-7H2,(H,28,29)(H2,21,23,24,25,27). The third-order valence-electron chi connectivity index (χ3n) is 4.44. The highest BCUT2D eigenvalue weighted by molar-refractivity contribution is 5.89.